The number of carbonyl (C=O) groups excluding carboxylic acids is 1. The van der Waals surface area contributed by atoms with Crippen LogP contribution < -0.4 is 0 Å². The summed E-state index contributed by atoms with van der Waals surface area (Å²) in [6.45, 7) is 4.99. The zero-order chi connectivity index (χ0) is 8.15. The molecule has 0 fully saturated rings. The van der Waals surface area contributed by atoms with Gasteiger partial charge in [0.1, 0.15) is 0 Å². The van der Waals surface area contributed by atoms with E-state index in [1.165, 1.54) is 6.08 Å². The van der Waals surface area contributed by atoms with Gasteiger partial charge < -0.3 is 9.84 Å². The zero-order valence-corrected chi connectivity index (χ0v) is 6.42. The summed E-state index contributed by atoms with van der Waals surface area (Å²) in [5.74, 6) is -0.962. The molecule has 0 aromatic carbocycles. The molecule has 0 bridgehead atoms. The van der Waals surface area contributed by atoms with Gasteiger partial charge >= 0.3 is 5.97 Å². The Hall–Kier alpha value is -0.990. The van der Waals surface area contributed by atoms with Gasteiger partial charge in [-0.2, -0.15) is 0 Å². The van der Waals surface area contributed by atoms with Crippen LogP contribution in [0.2, 0.25) is 0 Å². The summed E-state index contributed by atoms with van der Waals surface area (Å²) in [6.07, 6.45) is 1.32. The summed E-state index contributed by atoms with van der Waals surface area (Å²) in [5, 5.41) is 8.70. The van der Waals surface area contributed by atoms with Crippen molar-refractivity contribution >= 4 is 5.97 Å². The van der Waals surface area contributed by atoms with Gasteiger partial charge in [-0.15, -0.1) is 0 Å². The number of aliphatic hydroxyl groups excluding tert-OH is 1. The Morgan fingerprint density at radius 1 is 1.60 bits per heavy atom. The predicted molar refractivity (Wildman–Crippen MR) is 37.3 cm³/mol. The highest BCUT2D eigenvalue weighted by molar-refractivity contribution is 5.72. The highest BCUT2D eigenvalue weighted by atomic mass is 16.6. The van der Waals surface area contributed by atoms with E-state index in [0.29, 0.717) is 0 Å². The molecule has 3 nitrogen and oxygen atoms in total. The van der Waals surface area contributed by atoms with Crippen molar-refractivity contribution in [3.8, 4) is 0 Å². The molecule has 3 heteroatoms. The normalized spacial score (nSPS) is 11.8. The summed E-state index contributed by atoms with van der Waals surface area (Å²) >= 11 is 0. The lowest BCUT2D eigenvalue weighted by Gasteiger charge is -2.03. The van der Waals surface area contributed by atoms with Crippen LogP contribution >= 0.6 is 0 Å². The summed E-state index contributed by atoms with van der Waals surface area (Å²) in [4.78, 5) is 10.7. The second-order valence-electron chi connectivity index (χ2n) is 2.20. The maximum absolute atomic E-state index is 10.7. The lowest BCUT2D eigenvalue weighted by molar-refractivity contribution is -0.146. The van der Waals surface area contributed by atoms with E-state index in [0.717, 1.165) is 0 Å². The predicted octanol–water partition coefficient (Wildman–Crippen LogP) is 1.60. The first-order valence-electron chi connectivity index (χ1n) is 3.15. The Balaban J connectivity index is 3.81. The third kappa shape index (κ3) is 3.12. The van der Waals surface area contributed by atoms with E-state index in [-0.39, 0.29) is 11.9 Å². The van der Waals surface area contributed by atoms with Crippen LogP contribution in [0.15, 0.2) is 12.0 Å². The Labute approximate surface area is 60.3 Å². The molecule has 1 N–H and O–H groups in total. The van der Waals surface area contributed by atoms with Gasteiger partial charge in [-0.3, -0.25) is 4.79 Å². The molecule has 0 radical (unpaired) electrons. The fraction of sp³-hybridized carbons (Fsp3) is 0.571. The summed E-state index contributed by atoms with van der Waals surface area (Å²) < 4.78 is 4.44. The fourth-order valence-electron chi connectivity index (χ4n) is 0.280. The van der Waals surface area contributed by atoms with Crippen molar-refractivity contribution in [1.82, 2.24) is 0 Å². The van der Waals surface area contributed by atoms with Crippen LogP contribution in [-0.2, 0) is 9.53 Å². The van der Waals surface area contributed by atoms with Gasteiger partial charge in [0.2, 0.25) is 0 Å². The second-order valence-corrected chi connectivity index (χ2v) is 2.20. The molecule has 10 heavy (non-hydrogen) atoms. The van der Waals surface area contributed by atoms with E-state index in [9.17, 15) is 4.79 Å². The van der Waals surface area contributed by atoms with Crippen LogP contribution in [0.5, 0.6) is 0 Å². The van der Waals surface area contributed by atoms with E-state index in [1.54, 1.807) is 20.8 Å². The number of esters is 1. The zero-order valence-electron chi connectivity index (χ0n) is 6.42. The lowest BCUT2D eigenvalue weighted by Crippen LogP contribution is -2.10. The molecule has 0 rings (SSSR count). The smallest absolute Gasteiger partial charge is 0.316 e. The third-order valence-electron chi connectivity index (χ3n) is 0.924. The highest BCUT2D eigenvalue weighted by Gasteiger charge is 2.09. The van der Waals surface area contributed by atoms with E-state index in [1.807, 2.05) is 0 Å². The standard InChI is InChI=1S/C7H12O3/c1-4-6(8)10-7(9)5(2)3/h4-5,8H,1-3H3. The molecule has 0 aliphatic rings. The molecule has 0 saturated carbocycles. The first-order valence-corrected chi connectivity index (χ1v) is 3.15. The lowest BCUT2D eigenvalue weighted by atomic mass is 10.2. The topological polar surface area (TPSA) is 46.5 Å². The number of ether oxygens (including phenoxy) is 1. The van der Waals surface area contributed by atoms with Crippen molar-refractivity contribution in [3.05, 3.63) is 12.0 Å². The Kier molecular flexibility index (Phi) is 3.54. The van der Waals surface area contributed by atoms with Crippen LogP contribution in [0.25, 0.3) is 0 Å². The van der Waals surface area contributed by atoms with E-state index in [4.69, 9.17) is 5.11 Å². The van der Waals surface area contributed by atoms with E-state index < -0.39 is 5.97 Å². The molecule has 0 saturated heterocycles. The first-order chi connectivity index (χ1) is 4.57. The maximum Gasteiger partial charge on any atom is 0.316 e. The van der Waals surface area contributed by atoms with Crippen molar-refractivity contribution < 1.29 is 14.6 Å². The molecule has 0 atom stereocenters. The van der Waals surface area contributed by atoms with Crippen LogP contribution in [-0.4, -0.2) is 11.1 Å². The molecule has 0 aliphatic heterocycles. The highest BCUT2D eigenvalue weighted by Crippen LogP contribution is 2.00. The van der Waals surface area contributed by atoms with Crippen molar-refractivity contribution in [2.45, 2.75) is 20.8 Å². The number of hydrogen-bond donors (Lipinski definition) is 1. The molecule has 58 valence electrons. The molecule has 0 aromatic rings. The van der Waals surface area contributed by atoms with Crippen LogP contribution in [0.3, 0.4) is 0 Å². The molecule has 0 spiro atoms. The van der Waals surface area contributed by atoms with Gasteiger partial charge in [0.05, 0.1) is 5.92 Å². The minimum absolute atomic E-state index is 0.206. The van der Waals surface area contributed by atoms with Gasteiger partial charge in [0.15, 0.2) is 0 Å². The number of rotatable bonds is 2. The average molecular weight is 144 g/mol. The molecule has 0 aromatic heterocycles. The van der Waals surface area contributed by atoms with Crippen molar-refractivity contribution in [1.29, 1.82) is 0 Å². The Morgan fingerprint density at radius 2 is 2.10 bits per heavy atom. The van der Waals surface area contributed by atoms with Gasteiger partial charge in [0, 0.05) is 0 Å². The van der Waals surface area contributed by atoms with Gasteiger partial charge in [-0.05, 0) is 13.0 Å². The Morgan fingerprint density at radius 3 is 2.40 bits per heavy atom. The van der Waals surface area contributed by atoms with Crippen LogP contribution in [0, 0.1) is 5.92 Å². The van der Waals surface area contributed by atoms with Gasteiger partial charge in [-0.1, -0.05) is 13.8 Å². The van der Waals surface area contributed by atoms with E-state index in [2.05, 4.69) is 4.74 Å². The van der Waals surface area contributed by atoms with Crippen molar-refractivity contribution in [3.63, 3.8) is 0 Å². The van der Waals surface area contributed by atoms with Crippen LogP contribution in [0.1, 0.15) is 20.8 Å². The number of allylic oxidation sites excluding steroid dienone is 1. The summed E-state index contributed by atoms with van der Waals surface area (Å²) in [7, 11) is 0. The Bertz CT molecular complexity index is 147. The van der Waals surface area contributed by atoms with Crippen molar-refractivity contribution in [2.24, 2.45) is 5.92 Å². The molecular weight excluding hydrogens is 132 g/mol. The quantitative estimate of drug-likeness (QED) is 0.473. The van der Waals surface area contributed by atoms with Crippen molar-refractivity contribution in [2.75, 3.05) is 0 Å². The SMILES string of the molecule is CC=C(O)OC(=O)C(C)C. The molecular formula is C7H12O3. The monoisotopic (exact) mass is 144 g/mol. The average Bonchev–Trinajstić information content (AvgIpc) is 1.87. The summed E-state index contributed by atoms with van der Waals surface area (Å²) in [6, 6.07) is 0. The fourth-order valence-corrected chi connectivity index (χ4v) is 0.280. The van der Waals surface area contributed by atoms with Gasteiger partial charge in [0.25, 0.3) is 5.95 Å². The van der Waals surface area contributed by atoms with E-state index >= 15 is 0 Å². The number of hydrogen-bond acceptors (Lipinski definition) is 3. The molecule has 0 amide bonds. The largest absolute Gasteiger partial charge is 0.481 e. The minimum atomic E-state index is -0.421. The molecule has 0 aliphatic carbocycles. The second kappa shape index (κ2) is 3.93. The number of aliphatic hydroxyl groups is 1. The minimum Gasteiger partial charge on any atom is -0.481 e. The van der Waals surface area contributed by atoms with Crippen LogP contribution in [0.4, 0.5) is 0 Å². The first kappa shape index (κ1) is 9.01. The number of carbonyl (C=O) groups is 1. The van der Waals surface area contributed by atoms with Gasteiger partial charge in [-0.25, -0.2) is 0 Å². The third-order valence-corrected chi connectivity index (χ3v) is 0.924. The summed E-state index contributed by atoms with van der Waals surface area (Å²) in [5.41, 5.74) is 0. The molecule has 0 heterocycles. The maximum atomic E-state index is 10.7. The molecule has 0 unspecified atom stereocenters.